The average Bonchev–Trinajstić information content (AvgIpc) is 2.18. The molecule has 0 aromatic rings. The molecular formula is C9H14FIO2. The van der Waals surface area contributed by atoms with Gasteiger partial charge in [0.25, 0.3) is 0 Å². The molecule has 0 spiro atoms. The first kappa shape index (κ1) is 11.2. The Kier molecular flexibility index (Phi) is 4.98. The maximum atomic E-state index is 12.1. The highest BCUT2D eigenvalue weighted by Gasteiger charge is 2.22. The van der Waals surface area contributed by atoms with Crippen molar-refractivity contribution in [3.05, 3.63) is 0 Å². The molecule has 0 aromatic heterocycles. The predicted molar refractivity (Wildman–Crippen MR) is 56.7 cm³/mol. The number of ether oxygens (including phenoxy) is 1. The predicted octanol–water partition coefficient (Wildman–Crippen LogP) is 2.64. The Morgan fingerprint density at radius 3 is 2.62 bits per heavy atom. The fourth-order valence-corrected chi connectivity index (χ4v) is 1.63. The van der Waals surface area contributed by atoms with Gasteiger partial charge in [0.05, 0.1) is 0 Å². The number of halogens is 2. The summed E-state index contributed by atoms with van der Waals surface area (Å²) in [4.78, 5) is 11.2. The lowest BCUT2D eigenvalue weighted by Crippen LogP contribution is -2.27. The summed E-state index contributed by atoms with van der Waals surface area (Å²) in [6, 6.07) is 0. The van der Waals surface area contributed by atoms with Crippen LogP contribution >= 0.6 is 22.6 Å². The van der Waals surface area contributed by atoms with Crippen molar-refractivity contribution in [2.45, 2.75) is 42.1 Å². The van der Waals surface area contributed by atoms with Gasteiger partial charge in [0.1, 0.15) is 16.7 Å². The van der Waals surface area contributed by atoms with E-state index >= 15 is 0 Å². The molecule has 2 nitrogen and oxygen atoms in total. The van der Waals surface area contributed by atoms with Gasteiger partial charge < -0.3 is 4.74 Å². The van der Waals surface area contributed by atoms with Gasteiger partial charge in [-0.05, 0) is 25.7 Å². The molecule has 0 radical (unpaired) electrons. The van der Waals surface area contributed by atoms with Crippen molar-refractivity contribution >= 4 is 28.6 Å². The highest BCUT2D eigenvalue weighted by molar-refractivity contribution is 14.1. The third-order valence-electron chi connectivity index (χ3n) is 2.23. The zero-order valence-electron chi connectivity index (χ0n) is 7.47. The van der Waals surface area contributed by atoms with Crippen molar-refractivity contribution in [2.24, 2.45) is 0 Å². The standard InChI is InChI=1S/C9H14FIO2/c10-6-8(11)9(12)13-7-4-2-1-3-5-7/h7-8H,1-6H2. The van der Waals surface area contributed by atoms with Crippen LogP contribution in [0.5, 0.6) is 0 Å². The van der Waals surface area contributed by atoms with Gasteiger partial charge in [0.2, 0.25) is 0 Å². The van der Waals surface area contributed by atoms with Crippen molar-refractivity contribution in [1.82, 2.24) is 0 Å². The fourth-order valence-electron chi connectivity index (χ4n) is 1.48. The molecular weight excluding hydrogens is 286 g/mol. The molecule has 1 saturated carbocycles. The van der Waals surface area contributed by atoms with Crippen LogP contribution in [0.15, 0.2) is 0 Å². The van der Waals surface area contributed by atoms with Crippen molar-refractivity contribution in [3.8, 4) is 0 Å². The zero-order chi connectivity index (χ0) is 9.68. The molecule has 0 N–H and O–H groups in total. The van der Waals surface area contributed by atoms with Crippen molar-refractivity contribution in [1.29, 1.82) is 0 Å². The van der Waals surface area contributed by atoms with Crippen LogP contribution in [0.2, 0.25) is 0 Å². The Labute approximate surface area is 91.4 Å². The van der Waals surface area contributed by atoms with Crippen LogP contribution in [0.25, 0.3) is 0 Å². The summed E-state index contributed by atoms with van der Waals surface area (Å²) in [5.74, 6) is -0.394. The van der Waals surface area contributed by atoms with E-state index in [1.54, 1.807) is 22.6 Å². The van der Waals surface area contributed by atoms with Crippen LogP contribution in [0.4, 0.5) is 4.39 Å². The highest BCUT2D eigenvalue weighted by Crippen LogP contribution is 2.21. The molecule has 1 atom stereocenters. The second-order valence-corrected chi connectivity index (χ2v) is 4.82. The molecule has 1 rings (SSSR count). The van der Waals surface area contributed by atoms with E-state index in [-0.39, 0.29) is 6.10 Å². The molecule has 0 bridgehead atoms. The van der Waals surface area contributed by atoms with Gasteiger partial charge in [-0.25, -0.2) is 4.39 Å². The monoisotopic (exact) mass is 300 g/mol. The topological polar surface area (TPSA) is 26.3 Å². The van der Waals surface area contributed by atoms with E-state index in [2.05, 4.69) is 0 Å². The second kappa shape index (κ2) is 5.78. The van der Waals surface area contributed by atoms with Gasteiger partial charge >= 0.3 is 5.97 Å². The molecule has 13 heavy (non-hydrogen) atoms. The molecule has 1 unspecified atom stereocenters. The first-order chi connectivity index (χ1) is 6.24. The van der Waals surface area contributed by atoms with Gasteiger partial charge in [-0.15, -0.1) is 0 Å². The third kappa shape index (κ3) is 3.79. The fraction of sp³-hybridized carbons (Fsp3) is 0.889. The molecule has 4 heteroatoms. The molecule has 1 fully saturated rings. The van der Waals surface area contributed by atoms with Gasteiger partial charge in [0.15, 0.2) is 0 Å². The van der Waals surface area contributed by atoms with Gasteiger partial charge in [-0.3, -0.25) is 4.79 Å². The van der Waals surface area contributed by atoms with E-state index in [1.807, 2.05) is 0 Å². The Morgan fingerprint density at radius 1 is 1.46 bits per heavy atom. The minimum absolute atomic E-state index is 0.0464. The minimum Gasteiger partial charge on any atom is -0.462 e. The summed E-state index contributed by atoms with van der Waals surface area (Å²) in [7, 11) is 0. The lowest BCUT2D eigenvalue weighted by molar-refractivity contribution is -0.149. The smallest absolute Gasteiger partial charge is 0.321 e. The molecule has 0 saturated heterocycles. The van der Waals surface area contributed by atoms with Gasteiger partial charge in [-0.2, -0.15) is 0 Å². The average molecular weight is 300 g/mol. The van der Waals surface area contributed by atoms with Gasteiger partial charge in [-0.1, -0.05) is 29.0 Å². The van der Waals surface area contributed by atoms with Crippen LogP contribution in [0.3, 0.4) is 0 Å². The molecule has 1 aliphatic rings. The molecule has 0 heterocycles. The normalized spacial score (nSPS) is 21.1. The van der Waals surface area contributed by atoms with Crippen molar-refractivity contribution in [2.75, 3.05) is 6.67 Å². The first-order valence-electron chi connectivity index (χ1n) is 4.64. The zero-order valence-corrected chi connectivity index (χ0v) is 9.63. The lowest BCUT2D eigenvalue weighted by atomic mass is 9.98. The Balaban J connectivity index is 2.26. The van der Waals surface area contributed by atoms with E-state index in [9.17, 15) is 9.18 Å². The van der Waals surface area contributed by atoms with Gasteiger partial charge in [0, 0.05) is 0 Å². The van der Waals surface area contributed by atoms with E-state index in [4.69, 9.17) is 4.74 Å². The Bertz CT molecular complexity index is 169. The quantitative estimate of drug-likeness (QED) is 0.455. The summed E-state index contributed by atoms with van der Waals surface area (Å²) in [6.45, 7) is -0.633. The largest absolute Gasteiger partial charge is 0.462 e. The molecule has 0 amide bonds. The molecule has 0 aliphatic heterocycles. The summed E-state index contributed by atoms with van der Waals surface area (Å²) in [6.07, 6.45) is 5.41. The number of esters is 1. The van der Waals surface area contributed by atoms with Crippen molar-refractivity contribution < 1.29 is 13.9 Å². The third-order valence-corrected chi connectivity index (χ3v) is 3.07. The number of rotatable bonds is 3. The summed E-state index contributed by atoms with van der Waals surface area (Å²) in [5.41, 5.74) is 0. The second-order valence-electron chi connectivity index (χ2n) is 3.32. The first-order valence-corrected chi connectivity index (χ1v) is 5.89. The molecule has 1 aliphatic carbocycles. The van der Waals surface area contributed by atoms with Crippen LogP contribution in [0.1, 0.15) is 32.1 Å². The van der Waals surface area contributed by atoms with E-state index in [0.29, 0.717) is 0 Å². The number of carbonyl (C=O) groups is 1. The maximum Gasteiger partial charge on any atom is 0.321 e. The summed E-state index contributed by atoms with van der Waals surface area (Å²) < 4.78 is 16.6. The minimum atomic E-state index is -0.633. The number of hydrogen-bond acceptors (Lipinski definition) is 2. The SMILES string of the molecule is O=C(OC1CCCCC1)C(I)CF. The van der Waals surface area contributed by atoms with Crippen molar-refractivity contribution in [3.63, 3.8) is 0 Å². The van der Waals surface area contributed by atoms with E-state index < -0.39 is 16.6 Å². The van der Waals surface area contributed by atoms with Crippen LogP contribution < -0.4 is 0 Å². The summed E-state index contributed by atoms with van der Waals surface area (Å²) in [5, 5.41) is 0. The highest BCUT2D eigenvalue weighted by atomic mass is 127. The van der Waals surface area contributed by atoms with Crippen LogP contribution in [-0.2, 0) is 9.53 Å². The summed E-state index contributed by atoms with van der Waals surface area (Å²) >= 11 is 1.78. The lowest BCUT2D eigenvalue weighted by Gasteiger charge is -2.22. The number of hydrogen-bond donors (Lipinski definition) is 0. The van der Waals surface area contributed by atoms with E-state index in [0.717, 1.165) is 25.7 Å². The van der Waals surface area contributed by atoms with Crippen LogP contribution in [0, 0.1) is 0 Å². The number of alkyl halides is 2. The number of carbonyl (C=O) groups excluding carboxylic acids is 1. The maximum absolute atomic E-state index is 12.1. The van der Waals surface area contributed by atoms with E-state index in [1.165, 1.54) is 6.42 Å². The molecule has 76 valence electrons. The Hall–Kier alpha value is 0.130. The van der Waals surface area contributed by atoms with Crippen LogP contribution in [-0.4, -0.2) is 22.7 Å². The molecule has 0 aromatic carbocycles. The Morgan fingerprint density at radius 2 is 2.08 bits per heavy atom.